The number of pyridine rings is 1. The smallest absolute Gasteiger partial charge is 0.149 e. The van der Waals surface area contributed by atoms with E-state index >= 15 is 0 Å². The van der Waals surface area contributed by atoms with Gasteiger partial charge in [-0.25, -0.2) is 4.39 Å². The highest BCUT2D eigenvalue weighted by Gasteiger charge is 2.03. The predicted molar refractivity (Wildman–Crippen MR) is 48.2 cm³/mol. The number of aryl methyl sites for hydroxylation is 1. The molecule has 1 heterocycles. The summed E-state index contributed by atoms with van der Waals surface area (Å²) in [5, 5.41) is 0. The molecule has 0 aliphatic rings. The molecule has 1 rings (SSSR count). The zero-order valence-corrected chi connectivity index (χ0v) is 6.97. The first-order chi connectivity index (χ1) is 5.65. The van der Waals surface area contributed by atoms with Crippen LogP contribution in [-0.4, -0.2) is 4.98 Å². The average molecular weight is 163 g/mol. The first-order valence-corrected chi connectivity index (χ1v) is 3.59. The highest BCUT2D eigenvalue weighted by atomic mass is 19.1. The predicted octanol–water partition coefficient (Wildman–Crippen LogP) is 2.73. The monoisotopic (exact) mass is 163 g/mol. The number of allylic oxidation sites excluding steroid dienone is 2. The van der Waals surface area contributed by atoms with Crippen LogP contribution in [0.4, 0.5) is 4.39 Å². The van der Waals surface area contributed by atoms with Crippen LogP contribution >= 0.6 is 0 Å². The van der Waals surface area contributed by atoms with Crippen LogP contribution in [0.5, 0.6) is 0 Å². The van der Waals surface area contributed by atoms with E-state index in [0.717, 1.165) is 5.69 Å². The second-order valence-corrected chi connectivity index (χ2v) is 2.53. The number of rotatable bonds is 2. The van der Waals surface area contributed by atoms with E-state index in [0.29, 0.717) is 11.1 Å². The van der Waals surface area contributed by atoms with E-state index in [4.69, 9.17) is 0 Å². The van der Waals surface area contributed by atoms with Crippen LogP contribution in [0.1, 0.15) is 11.3 Å². The second-order valence-electron chi connectivity index (χ2n) is 2.53. The SMILES string of the molecule is C=CC(=C)c1cc(C)ncc1F. The molecule has 2 heteroatoms. The van der Waals surface area contributed by atoms with Gasteiger partial charge in [0.15, 0.2) is 0 Å². The van der Waals surface area contributed by atoms with Crippen LogP contribution in [0.15, 0.2) is 31.5 Å². The lowest BCUT2D eigenvalue weighted by molar-refractivity contribution is 0.616. The third-order valence-electron chi connectivity index (χ3n) is 1.58. The summed E-state index contributed by atoms with van der Waals surface area (Å²) in [5.74, 6) is -0.356. The fraction of sp³-hybridized carbons (Fsp3) is 0.100. The zero-order chi connectivity index (χ0) is 9.14. The molecule has 0 aromatic carbocycles. The van der Waals surface area contributed by atoms with Gasteiger partial charge in [0.1, 0.15) is 5.82 Å². The molecule has 0 bridgehead atoms. The molecule has 0 aliphatic heterocycles. The van der Waals surface area contributed by atoms with Gasteiger partial charge in [0.2, 0.25) is 0 Å². The van der Waals surface area contributed by atoms with Crippen molar-refractivity contribution in [3.8, 4) is 0 Å². The minimum atomic E-state index is -0.356. The summed E-state index contributed by atoms with van der Waals surface area (Å²) in [7, 11) is 0. The van der Waals surface area contributed by atoms with Crippen LogP contribution in [0.3, 0.4) is 0 Å². The van der Waals surface area contributed by atoms with Gasteiger partial charge in [-0.3, -0.25) is 4.98 Å². The molecule has 0 saturated heterocycles. The van der Waals surface area contributed by atoms with Crippen LogP contribution in [0, 0.1) is 12.7 Å². The molecule has 0 saturated carbocycles. The molecular weight excluding hydrogens is 153 g/mol. The highest BCUT2D eigenvalue weighted by molar-refractivity contribution is 5.71. The largest absolute Gasteiger partial charge is 0.259 e. The minimum Gasteiger partial charge on any atom is -0.259 e. The van der Waals surface area contributed by atoms with Crippen molar-refractivity contribution in [2.75, 3.05) is 0 Å². The van der Waals surface area contributed by atoms with Crippen LogP contribution in [0.2, 0.25) is 0 Å². The Kier molecular flexibility index (Phi) is 2.38. The molecule has 1 aromatic heterocycles. The third kappa shape index (κ3) is 1.59. The molecule has 1 aromatic rings. The quantitative estimate of drug-likeness (QED) is 0.611. The summed E-state index contributed by atoms with van der Waals surface area (Å²) in [6, 6.07) is 1.65. The highest BCUT2D eigenvalue weighted by Crippen LogP contribution is 2.16. The number of aromatic nitrogens is 1. The molecule has 0 N–H and O–H groups in total. The van der Waals surface area contributed by atoms with Crippen molar-refractivity contribution in [3.63, 3.8) is 0 Å². The van der Waals surface area contributed by atoms with E-state index in [-0.39, 0.29) is 5.82 Å². The maximum absolute atomic E-state index is 13.0. The summed E-state index contributed by atoms with van der Waals surface area (Å²) >= 11 is 0. The molecule has 62 valence electrons. The van der Waals surface area contributed by atoms with Gasteiger partial charge in [-0.2, -0.15) is 0 Å². The molecular formula is C10H10FN. The summed E-state index contributed by atoms with van der Waals surface area (Å²) < 4.78 is 13.0. The van der Waals surface area contributed by atoms with Gasteiger partial charge in [0, 0.05) is 11.3 Å². The fourth-order valence-corrected chi connectivity index (χ4v) is 0.899. The van der Waals surface area contributed by atoms with Gasteiger partial charge in [-0.05, 0) is 18.6 Å². The van der Waals surface area contributed by atoms with Crippen molar-refractivity contribution in [2.45, 2.75) is 6.92 Å². The Bertz CT molecular complexity index is 329. The zero-order valence-electron chi connectivity index (χ0n) is 6.97. The minimum absolute atomic E-state index is 0.356. The lowest BCUT2D eigenvalue weighted by Gasteiger charge is -2.02. The normalized spacial score (nSPS) is 9.50. The Morgan fingerprint density at radius 2 is 2.33 bits per heavy atom. The van der Waals surface area contributed by atoms with Gasteiger partial charge in [-0.1, -0.05) is 19.2 Å². The Hall–Kier alpha value is -1.44. The first-order valence-electron chi connectivity index (χ1n) is 3.59. The van der Waals surface area contributed by atoms with Crippen LogP contribution in [-0.2, 0) is 0 Å². The van der Waals surface area contributed by atoms with E-state index in [1.54, 1.807) is 13.0 Å². The van der Waals surface area contributed by atoms with E-state index in [1.807, 2.05) is 0 Å². The fourth-order valence-electron chi connectivity index (χ4n) is 0.899. The van der Waals surface area contributed by atoms with Crippen LogP contribution in [0.25, 0.3) is 5.57 Å². The van der Waals surface area contributed by atoms with Gasteiger partial charge in [0.25, 0.3) is 0 Å². The third-order valence-corrected chi connectivity index (χ3v) is 1.58. The molecule has 0 unspecified atom stereocenters. The van der Waals surface area contributed by atoms with E-state index in [9.17, 15) is 4.39 Å². The topological polar surface area (TPSA) is 12.9 Å². The molecule has 0 spiro atoms. The van der Waals surface area contributed by atoms with Crippen molar-refractivity contribution in [3.05, 3.63) is 48.6 Å². The number of halogens is 1. The molecule has 0 radical (unpaired) electrons. The molecule has 0 fully saturated rings. The van der Waals surface area contributed by atoms with Gasteiger partial charge in [0.05, 0.1) is 6.20 Å². The van der Waals surface area contributed by atoms with Gasteiger partial charge in [-0.15, -0.1) is 0 Å². The Labute approximate surface area is 71.3 Å². The van der Waals surface area contributed by atoms with Gasteiger partial charge >= 0.3 is 0 Å². The second kappa shape index (κ2) is 3.30. The maximum atomic E-state index is 13.0. The molecule has 1 nitrogen and oxygen atoms in total. The van der Waals surface area contributed by atoms with E-state index in [1.165, 1.54) is 12.3 Å². The van der Waals surface area contributed by atoms with Crippen molar-refractivity contribution in [1.29, 1.82) is 0 Å². The van der Waals surface area contributed by atoms with Crippen molar-refractivity contribution >= 4 is 5.57 Å². The average Bonchev–Trinajstić information content (AvgIpc) is 2.08. The summed E-state index contributed by atoms with van der Waals surface area (Å²) in [6.45, 7) is 8.99. The number of nitrogens with zero attached hydrogens (tertiary/aromatic N) is 1. The summed E-state index contributed by atoms with van der Waals surface area (Å²) in [4.78, 5) is 3.81. The summed E-state index contributed by atoms with van der Waals surface area (Å²) in [5.41, 5.74) is 1.82. The Balaban J connectivity index is 3.22. The molecule has 12 heavy (non-hydrogen) atoms. The number of hydrogen-bond acceptors (Lipinski definition) is 1. The van der Waals surface area contributed by atoms with Crippen molar-refractivity contribution < 1.29 is 4.39 Å². The Morgan fingerprint density at radius 3 is 2.92 bits per heavy atom. The van der Waals surface area contributed by atoms with Crippen molar-refractivity contribution in [1.82, 2.24) is 4.98 Å². The number of hydrogen-bond donors (Lipinski definition) is 0. The standard InChI is InChI=1S/C10H10FN/c1-4-7(2)9-5-8(3)12-6-10(9)11/h4-6H,1-2H2,3H3. The first kappa shape index (κ1) is 8.65. The van der Waals surface area contributed by atoms with Crippen LogP contribution < -0.4 is 0 Å². The Morgan fingerprint density at radius 1 is 1.67 bits per heavy atom. The molecule has 0 atom stereocenters. The van der Waals surface area contributed by atoms with Crippen molar-refractivity contribution in [2.24, 2.45) is 0 Å². The lowest BCUT2D eigenvalue weighted by atomic mass is 10.1. The molecule has 0 aliphatic carbocycles. The van der Waals surface area contributed by atoms with Gasteiger partial charge < -0.3 is 0 Å². The maximum Gasteiger partial charge on any atom is 0.149 e. The molecule has 0 amide bonds. The van der Waals surface area contributed by atoms with E-state index < -0.39 is 0 Å². The lowest BCUT2D eigenvalue weighted by Crippen LogP contribution is -1.90. The van der Waals surface area contributed by atoms with E-state index in [2.05, 4.69) is 18.1 Å². The summed E-state index contributed by atoms with van der Waals surface area (Å²) in [6.07, 6.45) is 2.72.